The molecule has 3 rings (SSSR count). The summed E-state index contributed by atoms with van der Waals surface area (Å²) in [6.07, 6.45) is 0. The van der Waals surface area contributed by atoms with Gasteiger partial charge in [-0.15, -0.1) is 0 Å². The van der Waals surface area contributed by atoms with Gasteiger partial charge in [-0.25, -0.2) is 14.6 Å². The number of carbonyl (C=O) groups is 2. The SMILES string of the molecule is COC(=O)C1=NN(c2ccc(C)cc2)C2(S1)SC(C(=O)OC)=C(C)N2C. The molecule has 9 heteroatoms. The van der Waals surface area contributed by atoms with E-state index in [4.69, 9.17) is 9.47 Å². The third-order valence-corrected chi connectivity index (χ3v) is 7.22. The quantitative estimate of drug-likeness (QED) is 0.726. The van der Waals surface area contributed by atoms with E-state index in [2.05, 4.69) is 5.10 Å². The second-order valence-corrected chi connectivity index (χ2v) is 8.36. The fourth-order valence-corrected chi connectivity index (χ4v) is 5.54. The Bertz CT molecular complexity index is 822. The fourth-order valence-electron chi connectivity index (χ4n) is 2.62. The van der Waals surface area contributed by atoms with Gasteiger partial charge in [0.05, 0.1) is 19.9 Å². The first-order valence-electron chi connectivity index (χ1n) is 7.79. The first-order valence-corrected chi connectivity index (χ1v) is 9.42. The van der Waals surface area contributed by atoms with Gasteiger partial charge in [-0.3, -0.25) is 0 Å². The van der Waals surface area contributed by atoms with Crippen LogP contribution < -0.4 is 5.01 Å². The molecule has 0 aromatic heterocycles. The van der Waals surface area contributed by atoms with Crippen molar-refractivity contribution in [1.82, 2.24) is 4.90 Å². The molecule has 1 unspecified atom stereocenters. The summed E-state index contributed by atoms with van der Waals surface area (Å²) in [5, 5.41) is 6.47. The van der Waals surface area contributed by atoms with Crippen molar-refractivity contribution in [2.24, 2.45) is 5.10 Å². The third kappa shape index (κ3) is 2.84. The number of hydrogen-bond donors (Lipinski definition) is 0. The molecule has 2 aliphatic rings. The van der Waals surface area contributed by atoms with E-state index in [0.717, 1.165) is 16.9 Å². The highest BCUT2D eigenvalue weighted by atomic mass is 32.2. The lowest BCUT2D eigenvalue weighted by Gasteiger charge is -2.39. The van der Waals surface area contributed by atoms with Crippen molar-refractivity contribution >= 4 is 46.2 Å². The third-order valence-electron chi connectivity index (χ3n) is 4.19. The lowest BCUT2D eigenvalue weighted by Crippen LogP contribution is -2.47. The maximum Gasteiger partial charge on any atom is 0.365 e. The van der Waals surface area contributed by atoms with Crippen LogP contribution in [0.15, 0.2) is 40.0 Å². The van der Waals surface area contributed by atoms with Crippen LogP contribution in [0.25, 0.3) is 0 Å². The summed E-state index contributed by atoms with van der Waals surface area (Å²) in [6, 6.07) is 7.81. The summed E-state index contributed by atoms with van der Waals surface area (Å²) in [5.74, 6) is -0.922. The van der Waals surface area contributed by atoms with Gasteiger partial charge in [-0.2, -0.15) is 5.10 Å². The van der Waals surface area contributed by atoms with Crippen molar-refractivity contribution in [3.8, 4) is 0 Å². The van der Waals surface area contributed by atoms with Gasteiger partial charge >= 0.3 is 11.9 Å². The van der Waals surface area contributed by atoms with Crippen molar-refractivity contribution in [3.05, 3.63) is 40.4 Å². The number of aryl methyl sites for hydroxylation is 1. The molecule has 0 aliphatic carbocycles. The van der Waals surface area contributed by atoms with Gasteiger partial charge < -0.3 is 14.4 Å². The van der Waals surface area contributed by atoms with Crippen LogP contribution in [0.5, 0.6) is 0 Å². The van der Waals surface area contributed by atoms with E-state index in [1.807, 2.05) is 50.1 Å². The molecule has 0 amide bonds. The summed E-state index contributed by atoms with van der Waals surface area (Å²) in [4.78, 5) is 26.7. The van der Waals surface area contributed by atoms with Crippen LogP contribution in [0.4, 0.5) is 5.69 Å². The summed E-state index contributed by atoms with van der Waals surface area (Å²) in [7, 11) is 4.54. The fraction of sp³-hybridized carbons (Fsp3) is 0.353. The number of thioether (sulfide) groups is 2. The second-order valence-electron chi connectivity index (χ2n) is 5.76. The van der Waals surface area contributed by atoms with Crippen LogP contribution in [-0.2, 0) is 19.1 Å². The average molecular weight is 393 g/mol. The van der Waals surface area contributed by atoms with Crippen molar-refractivity contribution in [2.75, 3.05) is 26.3 Å². The molecule has 0 N–H and O–H groups in total. The Balaban J connectivity index is 2.06. The number of hydrazone groups is 1. The minimum absolute atomic E-state index is 0.228. The highest BCUT2D eigenvalue weighted by Gasteiger charge is 2.56. The van der Waals surface area contributed by atoms with Crippen LogP contribution >= 0.6 is 23.5 Å². The minimum atomic E-state index is -0.841. The van der Waals surface area contributed by atoms with Gasteiger partial charge in [-0.1, -0.05) is 29.5 Å². The molecular weight excluding hydrogens is 374 g/mol. The molecule has 26 heavy (non-hydrogen) atoms. The predicted octanol–water partition coefficient (Wildman–Crippen LogP) is 2.73. The summed E-state index contributed by atoms with van der Waals surface area (Å²) in [6.45, 7) is 3.84. The number of anilines is 1. The number of carbonyl (C=O) groups excluding carboxylic acids is 2. The van der Waals surface area contributed by atoms with Crippen molar-refractivity contribution < 1.29 is 19.1 Å². The monoisotopic (exact) mass is 393 g/mol. The zero-order valence-corrected chi connectivity index (χ0v) is 16.7. The molecule has 138 valence electrons. The molecular formula is C17H19N3O4S2. The minimum Gasteiger partial charge on any atom is -0.465 e. The maximum atomic E-state index is 12.2. The number of nitrogens with zero attached hydrogens (tertiary/aromatic N) is 3. The van der Waals surface area contributed by atoms with E-state index in [-0.39, 0.29) is 5.04 Å². The number of hydrogen-bond acceptors (Lipinski definition) is 9. The van der Waals surface area contributed by atoms with E-state index in [1.165, 1.54) is 37.7 Å². The largest absolute Gasteiger partial charge is 0.465 e. The Kier molecular flexibility index (Phi) is 4.94. The predicted molar refractivity (Wildman–Crippen MR) is 104 cm³/mol. The van der Waals surface area contributed by atoms with Crippen LogP contribution in [0, 0.1) is 6.92 Å². The van der Waals surface area contributed by atoms with Gasteiger partial charge in [0.2, 0.25) is 9.37 Å². The molecule has 0 fully saturated rings. The van der Waals surface area contributed by atoms with Gasteiger partial charge in [0.1, 0.15) is 4.91 Å². The van der Waals surface area contributed by atoms with Crippen molar-refractivity contribution in [1.29, 1.82) is 0 Å². The molecule has 2 aliphatic heterocycles. The Morgan fingerprint density at radius 1 is 1.04 bits per heavy atom. The molecule has 7 nitrogen and oxygen atoms in total. The van der Waals surface area contributed by atoms with Crippen LogP contribution in [0.3, 0.4) is 0 Å². The Hall–Kier alpha value is -2.13. The summed E-state index contributed by atoms with van der Waals surface area (Å²) in [5.41, 5.74) is 2.68. The lowest BCUT2D eigenvalue weighted by atomic mass is 10.2. The highest BCUT2D eigenvalue weighted by Crippen LogP contribution is 2.58. The topological polar surface area (TPSA) is 71.4 Å². The Morgan fingerprint density at radius 3 is 2.23 bits per heavy atom. The first kappa shape index (κ1) is 18.7. The van der Waals surface area contributed by atoms with Crippen molar-refractivity contribution in [2.45, 2.75) is 18.2 Å². The molecule has 1 aromatic rings. The van der Waals surface area contributed by atoms with E-state index in [9.17, 15) is 9.59 Å². The van der Waals surface area contributed by atoms with Crippen LogP contribution in [0.1, 0.15) is 12.5 Å². The number of ether oxygens (including phenoxy) is 2. The molecule has 2 heterocycles. The maximum absolute atomic E-state index is 12.2. The van der Waals surface area contributed by atoms with E-state index in [0.29, 0.717) is 4.91 Å². The summed E-state index contributed by atoms with van der Waals surface area (Å²) < 4.78 is 8.91. The molecule has 0 saturated carbocycles. The first-order chi connectivity index (χ1) is 12.3. The average Bonchev–Trinajstić information content (AvgIpc) is 3.15. The van der Waals surface area contributed by atoms with E-state index in [1.54, 1.807) is 5.01 Å². The lowest BCUT2D eigenvalue weighted by molar-refractivity contribution is -0.135. The molecule has 1 spiro atoms. The summed E-state index contributed by atoms with van der Waals surface area (Å²) >= 11 is 2.55. The number of methoxy groups -OCH3 is 2. The van der Waals surface area contributed by atoms with Gasteiger partial charge in [0, 0.05) is 12.7 Å². The normalized spacial score (nSPS) is 22.1. The molecule has 1 atom stereocenters. The molecule has 0 bridgehead atoms. The highest BCUT2D eigenvalue weighted by molar-refractivity contribution is 8.28. The zero-order chi connectivity index (χ0) is 19.1. The standard InChI is InChI=1S/C17H19N3O4S2/c1-10-6-8-12(9-7-10)20-17(26-14(18-20)16(22)24-5)19(3)11(2)13(25-17)15(21)23-4/h6-9H,1-5H3. The number of benzene rings is 1. The van der Waals surface area contributed by atoms with E-state index < -0.39 is 16.3 Å². The van der Waals surface area contributed by atoms with E-state index >= 15 is 0 Å². The number of rotatable bonds is 3. The Morgan fingerprint density at radius 2 is 1.65 bits per heavy atom. The molecule has 1 aromatic carbocycles. The van der Waals surface area contributed by atoms with Gasteiger partial charge in [-0.05, 0) is 37.7 Å². The van der Waals surface area contributed by atoms with Crippen LogP contribution in [0.2, 0.25) is 0 Å². The molecule has 0 saturated heterocycles. The van der Waals surface area contributed by atoms with Gasteiger partial charge in [0.25, 0.3) is 0 Å². The van der Waals surface area contributed by atoms with Gasteiger partial charge in [0.15, 0.2) is 0 Å². The second kappa shape index (κ2) is 6.88. The Labute approximate surface area is 160 Å². The van der Waals surface area contributed by atoms with Crippen molar-refractivity contribution in [3.63, 3.8) is 0 Å². The smallest absolute Gasteiger partial charge is 0.365 e. The number of esters is 2. The number of allylic oxidation sites excluding steroid dienone is 1. The van der Waals surface area contributed by atoms with Crippen LogP contribution in [-0.4, -0.2) is 47.5 Å². The zero-order valence-electron chi connectivity index (χ0n) is 15.1. The molecule has 0 radical (unpaired) electrons.